The summed E-state index contributed by atoms with van der Waals surface area (Å²) in [5, 5.41) is 8.05. The molecule has 100 valence electrons. The quantitative estimate of drug-likeness (QED) is 0.882. The maximum Gasteiger partial charge on any atom is 0.174 e. The van der Waals surface area contributed by atoms with Gasteiger partial charge in [0.1, 0.15) is 12.4 Å². The molecular weight excluding hydrogens is 264 g/mol. The SMILES string of the molecule is Clc1cccc(OCc2cc(CNC3CC3)no2)c1. The van der Waals surface area contributed by atoms with Gasteiger partial charge in [0.25, 0.3) is 0 Å². The Kier molecular flexibility index (Phi) is 3.71. The predicted octanol–water partition coefficient (Wildman–Crippen LogP) is 3.16. The zero-order valence-electron chi connectivity index (χ0n) is 10.4. The van der Waals surface area contributed by atoms with Gasteiger partial charge in [-0.25, -0.2) is 0 Å². The Hall–Kier alpha value is -1.52. The highest BCUT2D eigenvalue weighted by Crippen LogP contribution is 2.20. The van der Waals surface area contributed by atoms with E-state index in [2.05, 4.69) is 10.5 Å². The van der Waals surface area contributed by atoms with Crippen molar-refractivity contribution in [2.75, 3.05) is 0 Å². The number of ether oxygens (including phenoxy) is 1. The average molecular weight is 279 g/mol. The van der Waals surface area contributed by atoms with Crippen LogP contribution < -0.4 is 10.1 Å². The van der Waals surface area contributed by atoms with Crippen molar-refractivity contribution in [1.29, 1.82) is 0 Å². The first-order valence-corrected chi connectivity index (χ1v) is 6.73. The number of benzene rings is 1. The van der Waals surface area contributed by atoms with Gasteiger partial charge in [-0.1, -0.05) is 22.8 Å². The lowest BCUT2D eigenvalue weighted by Crippen LogP contribution is -2.15. The number of halogens is 1. The van der Waals surface area contributed by atoms with E-state index in [1.54, 1.807) is 6.07 Å². The number of hydrogen-bond donors (Lipinski definition) is 1. The van der Waals surface area contributed by atoms with Crippen LogP contribution in [0.25, 0.3) is 0 Å². The first kappa shape index (κ1) is 12.5. The van der Waals surface area contributed by atoms with E-state index in [1.807, 2.05) is 24.3 Å². The molecule has 0 saturated heterocycles. The molecule has 1 aliphatic rings. The van der Waals surface area contributed by atoms with Crippen LogP contribution in [0.3, 0.4) is 0 Å². The van der Waals surface area contributed by atoms with Gasteiger partial charge in [0.15, 0.2) is 5.76 Å². The second kappa shape index (κ2) is 5.63. The Morgan fingerprint density at radius 3 is 3.05 bits per heavy atom. The van der Waals surface area contributed by atoms with Crippen LogP contribution in [0, 0.1) is 0 Å². The second-order valence-corrected chi connectivity index (χ2v) is 5.12. The maximum atomic E-state index is 5.88. The average Bonchev–Trinajstić information content (AvgIpc) is 3.13. The number of rotatable bonds is 6. The topological polar surface area (TPSA) is 47.3 Å². The van der Waals surface area contributed by atoms with Gasteiger partial charge in [-0.3, -0.25) is 0 Å². The van der Waals surface area contributed by atoms with Crippen LogP contribution in [0.15, 0.2) is 34.9 Å². The van der Waals surface area contributed by atoms with Crippen molar-refractivity contribution in [3.8, 4) is 5.75 Å². The van der Waals surface area contributed by atoms with Crippen molar-refractivity contribution in [2.45, 2.75) is 32.0 Å². The molecule has 19 heavy (non-hydrogen) atoms. The fraction of sp³-hybridized carbons (Fsp3) is 0.357. The van der Waals surface area contributed by atoms with Crippen molar-refractivity contribution < 1.29 is 9.26 Å². The number of hydrogen-bond acceptors (Lipinski definition) is 4. The van der Waals surface area contributed by atoms with Crippen LogP contribution in [0.5, 0.6) is 5.75 Å². The summed E-state index contributed by atoms with van der Waals surface area (Å²) in [5.74, 6) is 1.44. The van der Waals surface area contributed by atoms with Crippen LogP contribution in [0.4, 0.5) is 0 Å². The van der Waals surface area contributed by atoms with Gasteiger partial charge < -0.3 is 14.6 Å². The molecule has 1 aromatic carbocycles. The molecule has 0 unspecified atom stereocenters. The van der Waals surface area contributed by atoms with E-state index in [9.17, 15) is 0 Å². The molecule has 1 N–H and O–H groups in total. The number of nitrogens with zero attached hydrogens (tertiary/aromatic N) is 1. The number of nitrogens with one attached hydrogen (secondary N) is 1. The van der Waals surface area contributed by atoms with Crippen LogP contribution in [-0.2, 0) is 13.2 Å². The van der Waals surface area contributed by atoms with E-state index >= 15 is 0 Å². The van der Waals surface area contributed by atoms with Gasteiger partial charge in [-0.05, 0) is 31.0 Å². The summed E-state index contributed by atoms with van der Waals surface area (Å²) in [6.07, 6.45) is 2.53. The van der Waals surface area contributed by atoms with E-state index < -0.39 is 0 Å². The lowest BCUT2D eigenvalue weighted by Gasteiger charge is -2.03. The molecule has 1 aromatic heterocycles. The molecule has 3 rings (SSSR count). The molecule has 0 amide bonds. The Balaban J connectivity index is 1.51. The zero-order valence-corrected chi connectivity index (χ0v) is 11.2. The smallest absolute Gasteiger partial charge is 0.174 e. The van der Waals surface area contributed by atoms with Crippen LogP contribution in [0.1, 0.15) is 24.3 Å². The Bertz CT molecular complexity index is 552. The standard InChI is InChI=1S/C14H15ClN2O2/c15-10-2-1-3-13(6-10)18-9-14-7-12(17-19-14)8-16-11-4-5-11/h1-3,6-7,11,16H,4-5,8-9H2. The summed E-state index contributed by atoms with van der Waals surface area (Å²) in [7, 11) is 0. The summed E-state index contributed by atoms with van der Waals surface area (Å²) >= 11 is 5.88. The molecule has 5 heteroatoms. The third kappa shape index (κ3) is 3.72. The summed E-state index contributed by atoms with van der Waals surface area (Å²) in [5.41, 5.74) is 0.914. The fourth-order valence-corrected chi connectivity index (χ4v) is 1.94. The molecule has 0 bridgehead atoms. The van der Waals surface area contributed by atoms with Gasteiger partial charge in [0, 0.05) is 23.7 Å². The van der Waals surface area contributed by atoms with Crippen LogP contribution >= 0.6 is 11.6 Å². The summed E-state index contributed by atoms with van der Waals surface area (Å²) in [6.45, 7) is 1.11. The van der Waals surface area contributed by atoms with E-state index in [0.717, 1.165) is 18.0 Å². The highest BCUT2D eigenvalue weighted by Gasteiger charge is 2.20. The van der Waals surface area contributed by atoms with E-state index in [-0.39, 0.29) is 0 Å². The van der Waals surface area contributed by atoms with Crippen molar-refractivity contribution in [1.82, 2.24) is 10.5 Å². The highest BCUT2D eigenvalue weighted by molar-refractivity contribution is 6.30. The van der Waals surface area contributed by atoms with Crippen LogP contribution in [-0.4, -0.2) is 11.2 Å². The third-order valence-electron chi connectivity index (χ3n) is 2.93. The third-order valence-corrected chi connectivity index (χ3v) is 3.17. The van der Waals surface area contributed by atoms with Gasteiger partial charge in [0.2, 0.25) is 0 Å². The van der Waals surface area contributed by atoms with Gasteiger partial charge in [0.05, 0.1) is 5.69 Å². The Morgan fingerprint density at radius 1 is 1.37 bits per heavy atom. The van der Waals surface area contributed by atoms with E-state index in [0.29, 0.717) is 23.4 Å². The molecule has 1 saturated carbocycles. The normalized spacial score (nSPS) is 14.6. The van der Waals surface area contributed by atoms with Gasteiger partial charge >= 0.3 is 0 Å². The minimum Gasteiger partial charge on any atom is -0.485 e. The molecule has 1 heterocycles. The van der Waals surface area contributed by atoms with Crippen molar-refractivity contribution in [2.24, 2.45) is 0 Å². The second-order valence-electron chi connectivity index (χ2n) is 4.69. The van der Waals surface area contributed by atoms with Crippen LogP contribution in [0.2, 0.25) is 5.02 Å². The van der Waals surface area contributed by atoms with E-state index in [1.165, 1.54) is 12.8 Å². The fourth-order valence-electron chi connectivity index (χ4n) is 1.75. The lowest BCUT2D eigenvalue weighted by molar-refractivity contribution is 0.248. The largest absolute Gasteiger partial charge is 0.485 e. The van der Waals surface area contributed by atoms with Crippen molar-refractivity contribution in [3.63, 3.8) is 0 Å². The summed E-state index contributed by atoms with van der Waals surface area (Å²) in [4.78, 5) is 0. The summed E-state index contributed by atoms with van der Waals surface area (Å²) in [6, 6.07) is 9.88. The molecule has 0 atom stereocenters. The molecule has 0 aliphatic heterocycles. The Morgan fingerprint density at radius 2 is 2.26 bits per heavy atom. The molecule has 4 nitrogen and oxygen atoms in total. The molecule has 0 spiro atoms. The minimum atomic E-state index is 0.358. The molecule has 2 aromatic rings. The zero-order chi connectivity index (χ0) is 13.1. The first-order valence-electron chi connectivity index (χ1n) is 6.36. The molecule has 0 radical (unpaired) electrons. The lowest BCUT2D eigenvalue weighted by atomic mass is 10.3. The van der Waals surface area contributed by atoms with Gasteiger partial charge in [-0.2, -0.15) is 0 Å². The Labute approximate surface area is 116 Å². The summed E-state index contributed by atoms with van der Waals surface area (Å²) < 4.78 is 10.8. The first-order chi connectivity index (χ1) is 9.29. The van der Waals surface area contributed by atoms with E-state index in [4.69, 9.17) is 20.9 Å². The maximum absolute atomic E-state index is 5.88. The minimum absolute atomic E-state index is 0.358. The molecular formula is C14H15ClN2O2. The molecule has 1 fully saturated rings. The monoisotopic (exact) mass is 278 g/mol. The molecule has 1 aliphatic carbocycles. The highest BCUT2D eigenvalue weighted by atomic mass is 35.5. The van der Waals surface area contributed by atoms with Crippen molar-refractivity contribution >= 4 is 11.6 Å². The predicted molar refractivity (Wildman–Crippen MR) is 72.1 cm³/mol. The van der Waals surface area contributed by atoms with Gasteiger partial charge in [-0.15, -0.1) is 0 Å². The van der Waals surface area contributed by atoms with Crippen molar-refractivity contribution in [3.05, 3.63) is 46.8 Å². The number of aromatic nitrogens is 1.